The van der Waals surface area contributed by atoms with Gasteiger partial charge in [0.15, 0.2) is 17.7 Å². The molecule has 16 nitrogen and oxygen atoms in total. The normalized spacial score (nSPS) is 28.7. The summed E-state index contributed by atoms with van der Waals surface area (Å²) in [4.78, 5) is 26.6. The second kappa shape index (κ2) is 9.92. The molecule has 0 radical (unpaired) electrons. The molecular weight excluding hydrogens is 454 g/mol. The second-order valence-electron chi connectivity index (χ2n) is 7.70. The van der Waals surface area contributed by atoms with Gasteiger partial charge in [0, 0.05) is 0 Å². The number of primary amides is 1. The van der Waals surface area contributed by atoms with Crippen LogP contribution in [0, 0.1) is 0 Å². The molecular formula is C18H25N9O7. The average Bonchev–Trinajstić information content (AvgIpc) is 3.61. The Morgan fingerprint density at radius 1 is 1.06 bits per heavy atom. The zero-order valence-corrected chi connectivity index (χ0v) is 17.8. The highest BCUT2D eigenvalue weighted by atomic mass is 16.6. The van der Waals surface area contributed by atoms with Gasteiger partial charge in [-0.05, 0) is 12.8 Å². The number of carbonyl (C=O) groups excluding carboxylic acids is 1. The van der Waals surface area contributed by atoms with Crippen molar-refractivity contribution >= 4 is 22.9 Å². The number of aromatic nitrogens is 7. The number of ether oxygens (including phenoxy) is 2. The number of fused-ring (bicyclic) bond motifs is 1. The fraction of sp³-hybridized carbons (Fsp3) is 0.556. The van der Waals surface area contributed by atoms with Crippen molar-refractivity contribution in [3.05, 3.63) is 24.8 Å². The van der Waals surface area contributed by atoms with Crippen molar-refractivity contribution in [2.75, 3.05) is 18.9 Å². The number of hydrogen-bond acceptors (Lipinski definition) is 13. The van der Waals surface area contributed by atoms with Crippen molar-refractivity contribution in [2.45, 2.75) is 49.7 Å². The Bertz CT molecular complexity index is 1140. The van der Waals surface area contributed by atoms with Crippen LogP contribution in [0.5, 0.6) is 0 Å². The van der Waals surface area contributed by atoms with E-state index in [1.807, 2.05) is 4.57 Å². The van der Waals surface area contributed by atoms with E-state index in [0.717, 1.165) is 23.9 Å². The third-order valence-electron chi connectivity index (χ3n) is 5.49. The van der Waals surface area contributed by atoms with Gasteiger partial charge in [0.1, 0.15) is 42.7 Å². The van der Waals surface area contributed by atoms with E-state index in [4.69, 9.17) is 31.2 Å². The van der Waals surface area contributed by atoms with Gasteiger partial charge in [0.05, 0.1) is 25.6 Å². The molecule has 0 aromatic carbocycles. The lowest BCUT2D eigenvalue weighted by atomic mass is 10.1. The first-order valence-electron chi connectivity index (χ1n) is 10.4. The Balaban J connectivity index is 0.000000161. The molecule has 0 aliphatic carbocycles. The number of nitrogen functional groups attached to an aromatic ring is 1. The van der Waals surface area contributed by atoms with Crippen LogP contribution < -0.4 is 11.5 Å². The van der Waals surface area contributed by atoms with Crippen LogP contribution in [0.3, 0.4) is 0 Å². The lowest BCUT2D eigenvalue weighted by Crippen LogP contribution is -2.33. The van der Waals surface area contributed by atoms with Gasteiger partial charge in [-0.2, -0.15) is 0 Å². The first kappa shape index (κ1) is 23.9. The fourth-order valence-electron chi connectivity index (χ4n) is 3.72. The van der Waals surface area contributed by atoms with Gasteiger partial charge in [-0.15, -0.1) is 5.10 Å². The van der Waals surface area contributed by atoms with E-state index in [0.29, 0.717) is 17.0 Å². The minimum atomic E-state index is -1.27. The molecule has 34 heavy (non-hydrogen) atoms. The Labute approximate surface area is 191 Å². The number of nitrogens with two attached hydrogens (primary N) is 2. The molecule has 2 aliphatic heterocycles. The predicted molar refractivity (Wildman–Crippen MR) is 112 cm³/mol. The van der Waals surface area contributed by atoms with Gasteiger partial charge < -0.3 is 41.4 Å². The van der Waals surface area contributed by atoms with Gasteiger partial charge >= 0.3 is 0 Å². The fourth-order valence-corrected chi connectivity index (χ4v) is 3.72. The Kier molecular flexibility index (Phi) is 6.96. The molecule has 0 spiro atoms. The number of hydrogen-bond donors (Lipinski definition) is 6. The smallest absolute Gasteiger partial charge is 0.288 e. The zero-order valence-electron chi connectivity index (χ0n) is 17.8. The number of rotatable bonds is 5. The van der Waals surface area contributed by atoms with E-state index in [9.17, 15) is 15.0 Å². The van der Waals surface area contributed by atoms with E-state index < -0.39 is 37.1 Å². The van der Waals surface area contributed by atoms with Gasteiger partial charge in [0.25, 0.3) is 5.91 Å². The monoisotopic (exact) mass is 479 g/mol. The molecule has 6 atom stereocenters. The SMILES string of the molecule is NC(=O)c1ncn([C@@H]2O[C@H](CO)[C@@H](O)[C@H]2O)n1.Nc1ncnc2c1ncn2[C@H]1CC[C@@H](CO)O1. The molecule has 1 amide bonds. The zero-order chi connectivity index (χ0) is 24.4. The maximum Gasteiger partial charge on any atom is 0.288 e. The largest absolute Gasteiger partial charge is 0.394 e. The number of nitrogens with zero attached hydrogens (tertiary/aromatic N) is 7. The standard InChI is InChI=1S/C10H13N5O2.C8H12N4O5/c11-9-8-10(13-4-12-9)15(5-14-8)7-2-1-6(3-16)17-7;9-6(16)7-10-2-12(11-7)8-5(15)4(14)3(1-13)17-8/h4-7,16H,1-3H2,(H2,11,12,13);2-5,8,13-15H,1H2,(H2,9,16)/t6-,7+;3-,4-,5-,8-/m01/s1. The van der Waals surface area contributed by atoms with Crippen molar-refractivity contribution in [3.63, 3.8) is 0 Å². The number of imidazole rings is 1. The molecule has 8 N–H and O–H groups in total. The molecule has 0 bridgehead atoms. The molecule has 2 aliphatic rings. The molecule has 3 aromatic rings. The van der Waals surface area contributed by atoms with Crippen molar-refractivity contribution in [1.82, 2.24) is 34.3 Å². The minimum Gasteiger partial charge on any atom is -0.394 e. The second-order valence-corrected chi connectivity index (χ2v) is 7.70. The minimum absolute atomic E-state index is 0.0419. The highest BCUT2D eigenvalue weighted by molar-refractivity contribution is 5.88. The number of carbonyl (C=O) groups is 1. The molecule has 184 valence electrons. The van der Waals surface area contributed by atoms with Gasteiger partial charge in [-0.1, -0.05) is 0 Å². The summed E-state index contributed by atoms with van der Waals surface area (Å²) in [5.74, 6) is -0.663. The van der Waals surface area contributed by atoms with Gasteiger partial charge in [-0.25, -0.2) is 24.6 Å². The van der Waals surface area contributed by atoms with E-state index in [-0.39, 0.29) is 24.8 Å². The van der Waals surface area contributed by atoms with Crippen molar-refractivity contribution in [2.24, 2.45) is 5.73 Å². The highest BCUT2D eigenvalue weighted by Gasteiger charge is 2.44. The summed E-state index contributed by atoms with van der Waals surface area (Å²) in [5, 5.41) is 40.8. The third kappa shape index (κ3) is 4.54. The maximum absolute atomic E-state index is 10.8. The Hall–Kier alpha value is -3.28. The van der Waals surface area contributed by atoms with E-state index in [1.54, 1.807) is 6.33 Å². The van der Waals surface area contributed by atoms with E-state index in [2.05, 4.69) is 25.0 Å². The van der Waals surface area contributed by atoms with E-state index in [1.165, 1.54) is 6.33 Å². The lowest BCUT2D eigenvalue weighted by Gasteiger charge is -2.13. The van der Waals surface area contributed by atoms with Crippen LogP contribution >= 0.6 is 0 Å². The summed E-state index contributed by atoms with van der Waals surface area (Å²) in [7, 11) is 0. The number of aliphatic hydroxyl groups excluding tert-OH is 4. The third-order valence-corrected chi connectivity index (χ3v) is 5.49. The van der Waals surface area contributed by atoms with Gasteiger partial charge in [0.2, 0.25) is 5.82 Å². The molecule has 5 rings (SSSR count). The molecule has 3 aromatic heterocycles. The predicted octanol–water partition coefficient (Wildman–Crippen LogP) is -2.93. The number of aliphatic hydroxyl groups is 4. The molecule has 0 unspecified atom stereocenters. The quantitative estimate of drug-likeness (QED) is 0.215. The van der Waals surface area contributed by atoms with Crippen LogP contribution in [0.15, 0.2) is 19.0 Å². The Morgan fingerprint density at radius 3 is 2.47 bits per heavy atom. The van der Waals surface area contributed by atoms with Crippen molar-refractivity contribution < 1.29 is 34.7 Å². The molecule has 16 heteroatoms. The van der Waals surface area contributed by atoms with Crippen LogP contribution in [0.4, 0.5) is 5.82 Å². The van der Waals surface area contributed by atoms with Crippen LogP contribution in [0.1, 0.15) is 35.9 Å². The van der Waals surface area contributed by atoms with Gasteiger partial charge in [-0.3, -0.25) is 9.36 Å². The number of amides is 1. The highest BCUT2D eigenvalue weighted by Crippen LogP contribution is 2.30. The number of anilines is 1. The van der Waals surface area contributed by atoms with Crippen LogP contribution in [-0.4, -0.2) is 98.2 Å². The molecule has 0 saturated carbocycles. The molecule has 2 saturated heterocycles. The first-order valence-corrected chi connectivity index (χ1v) is 10.4. The van der Waals surface area contributed by atoms with Crippen LogP contribution in [0.2, 0.25) is 0 Å². The molecule has 5 heterocycles. The summed E-state index contributed by atoms with van der Waals surface area (Å²) in [6, 6.07) is 0. The Morgan fingerprint density at radius 2 is 1.85 bits per heavy atom. The summed E-state index contributed by atoms with van der Waals surface area (Å²) in [5.41, 5.74) is 11.9. The molecule has 2 fully saturated rings. The maximum atomic E-state index is 10.8. The van der Waals surface area contributed by atoms with Crippen LogP contribution in [0.25, 0.3) is 11.2 Å². The summed E-state index contributed by atoms with van der Waals surface area (Å²) >= 11 is 0. The average molecular weight is 479 g/mol. The summed E-state index contributed by atoms with van der Waals surface area (Å²) in [6.45, 7) is -0.396. The van der Waals surface area contributed by atoms with E-state index >= 15 is 0 Å². The lowest BCUT2D eigenvalue weighted by molar-refractivity contribution is -0.0588. The van der Waals surface area contributed by atoms with Crippen molar-refractivity contribution in [3.8, 4) is 0 Å². The van der Waals surface area contributed by atoms with Crippen molar-refractivity contribution in [1.29, 1.82) is 0 Å². The summed E-state index contributed by atoms with van der Waals surface area (Å²) < 4.78 is 13.8. The van der Waals surface area contributed by atoms with Crippen LogP contribution in [-0.2, 0) is 9.47 Å². The first-order chi connectivity index (χ1) is 16.3. The summed E-state index contributed by atoms with van der Waals surface area (Å²) in [6.07, 6.45) is 1.24. The topological polar surface area (TPSA) is 243 Å².